The summed E-state index contributed by atoms with van der Waals surface area (Å²) in [5.41, 5.74) is -15.0. The van der Waals surface area contributed by atoms with Crippen molar-refractivity contribution >= 4 is 52.6 Å². The Hall–Kier alpha value is -3.63. The van der Waals surface area contributed by atoms with Gasteiger partial charge in [-0.05, 0) is 72.8 Å². The molecule has 2 N–H and O–H groups in total. The van der Waals surface area contributed by atoms with Crippen LogP contribution in [-0.2, 0) is 57.4 Å². The first kappa shape index (κ1) is 84.4. The van der Waals surface area contributed by atoms with Crippen molar-refractivity contribution < 1.29 is 205 Å². The minimum Gasteiger partial charge on any atom is -1.00 e. The van der Waals surface area contributed by atoms with Gasteiger partial charge in [-0.3, -0.25) is 0 Å². The molecule has 0 aromatic heterocycles. The van der Waals surface area contributed by atoms with Crippen LogP contribution in [0.5, 0.6) is 0 Å². The smallest absolute Gasteiger partial charge is 1.00 e. The summed E-state index contributed by atoms with van der Waals surface area (Å²) < 4.78 is 298. The molecule has 38 heteroatoms. The third-order valence-electron chi connectivity index (χ3n) is 9.87. The van der Waals surface area contributed by atoms with Crippen LogP contribution in [0.3, 0.4) is 0 Å². The third-order valence-corrected chi connectivity index (χ3v) is 15.9. The average Bonchev–Trinajstić information content (AvgIpc) is 1.86. The number of benzene rings is 6. The molecule has 6 aromatic rings. The van der Waals surface area contributed by atoms with E-state index in [1.807, 2.05) is 0 Å². The molecule has 0 aliphatic carbocycles. The van der Waals surface area contributed by atoms with E-state index >= 15 is 0 Å². The van der Waals surface area contributed by atoms with Crippen LogP contribution in [0.2, 0.25) is 0 Å². The Balaban J connectivity index is -0.000000997. The molecule has 12 nitrogen and oxygen atoms in total. The summed E-state index contributed by atoms with van der Waals surface area (Å²) in [7, 11) is -14.9. The molecular formula is C48H39ClF18Na2O12S5. The molecule has 86 heavy (non-hydrogen) atoms. The number of rotatable bonds is 10. The molecule has 0 radical (unpaired) electrons. The van der Waals surface area contributed by atoms with Gasteiger partial charge in [0.25, 0.3) is 16.8 Å². The normalized spacial score (nSPS) is 13.3. The van der Waals surface area contributed by atoms with Gasteiger partial charge in [0.05, 0.1) is 60.1 Å². The Morgan fingerprint density at radius 2 is 0.547 bits per heavy atom. The van der Waals surface area contributed by atoms with Gasteiger partial charge < -0.3 is 37.9 Å². The number of epoxide rings is 1. The molecule has 1 aliphatic heterocycles. The van der Waals surface area contributed by atoms with E-state index in [9.17, 15) is 105 Å². The maximum Gasteiger partial charge on any atom is 1.00 e. The molecule has 1 fully saturated rings. The molecule has 0 atom stereocenters. The number of alkyl halides is 18. The zero-order valence-corrected chi connectivity index (χ0v) is 52.0. The first-order valence-corrected chi connectivity index (χ1v) is 28.3. The summed E-state index contributed by atoms with van der Waals surface area (Å²) in [6, 6.07) is 64.3. The number of hydrogen-bond acceptors (Lipinski definition) is 12. The van der Waals surface area contributed by atoms with E-state index in [0.717, 1.165) is 0 Å². The summed E-state index contributed by atoms with van der Waals surface area (Å²) >= 11 is 0. The van der Waals surface area contributed by atoms with Crippen LogP contribution in [0.15, 0.2) is 211 Å². The van der Waals surface area contributed by atoms with E-state index in [1.165, 1.54) is 29.4 Å². The summed E-state index contributed by atoms with van der Waals surface area (Å²) in [6.07, 6.45) is -35.9. The second-order valence-corrected chi connectivity index (χ2v) is 23.2. The maximum absolute atomic E-state index is 11.8. The SMILES string of the molecule is FC(F)(F)C1(C(F)(F)F)CO1.O=S(=O)([O-])CC(O)(C(F)(F)F)C(F)(F)F.O=S(=O)([O-])CC(O)(C(F)(F)F)C(F)(F)F.O=S(=O)=O.[Cl-].[H-].[Na+].[Na+].c1ccc([S+](c2ccccc2)c2ccccc2)cc1.c1ccc([S+](c2ccccc2)c2ccccc2)cc1. The second-order valence-electron chi connectivity index (χ2n) is 15.9. The molecule has 0 bridgehead atoms. The van der Waals surface area contributed by atoms with Gasteiger partial charge in [-0.15, -0.1) is 12.6 Å². The molecule has 0 unspecified atom stereocenters. The molecular weight excluding hydrogens is 1350 g/mol. The van der Waals surface area contributed by atoms with E-state index in [-0.39, 0.29) is 94.7 Å². The van der Waals surface area contributed by atoms with Crippen LogP contribution in [0.1, 0.15) is 1.43 Å². The van der Waals surface area contributed by atoms with E-state index in [2.05, 4.69) is 187 Å². The van der Waals surface area contributed by atoms with Crippen molar-refractivity contribution in [2.45, 2.75) is 83.2 Å². The van der Waals surface area contributed by atoms with Gasteiger partial charge in [-0.1, -0.05) is 109 Å². The Morgan fingerprint density at radius 3 is 0.616 bits per heavy atom. The Kier molecular flexibility index (Phi) is 33.9. The van der Waals surface area contributed by atoms with Gasteiger partial charge in [-0.2, -0.15) is 79.0 Å². The van der Waals surface area contributed by atoms with E-state index < -0.39 is 103 Å². The Bertz CT molecular complexity index is 2860. The van der Waals surface area contributed by atoms with Crippen molar-refractivity contribution in [1.82, 2.24) is 0 Å². The molecule has 1 aliphatic rings. The monoisotopic (exact) mass is 1390 g/mol. The average molecular weight is 1390 g/mol. The number of aliphatic hydroxyl groups is 2. The van der Waals surface area contributed by atoms with Crippen molar-refractivity contribution in [3.05, 3.63) is 182 Å². The van der Waals surface area contributed by atoms with Crippen LogP contribution in [0.25, 0.3) is 0 Å². The molecule has 0 amide bonds. The molecule has 1 saturated heterocycles. The van der Waals surface area contributed by atoms with Gasteiger partial charge >= 0.3 is 107 Å². The van der Waals surface area contributed by atoms with E-state index in [4.69, 9.17) is 22.8 Å². The predicted molar refractivity (Wildman–Crippen MR) is 258 cm³/mol. The summed E-state index contributed by atoms with van der Waals surface area (Å²) in [4.78, 5) is 8.17. The van der Waals surface area contributed by atoms with Crippen LogP contribution in [-0.4, -0.2) is 121 Å². The van der Waals surface area contributed by atoms with Gasteiger partial charge in [0, 0.05) is 0 Å². The predicted octanol–water partition coefficient (Wildman–Crippen LogP) is 2.34. The summed E-state index contributed by atoms with van der Waals surface area (Å²) in [6.45, 7) is -1.32. The minimum atomic E-state index is -6.30. The van der Waals surface area contributed by atoms with Crippen molar-refractivity contribution in [2.24, 2.45) is 0 Å². The fourth-order valence-electron chi connectivity index (χ4n) is 5.88. The van der Waals surface area contributed by atoms with Crippen LogP contribution >= 0.6 is 0 Å². The fraction of sp³-hybridized carbons (Fsp3) is 0.250. The van der Waals surface area contributed by atoms with Gasteiger partial charge in [0.2, 0.25) is 0 Å². The fourth-order valence-corrected chi connectivity index (χ4v) is 11.8. The Morgan fingerprint density at radius 1 is 0.407 bits per heavy atom. The molecule has 468 valence electrons. The van der Waals surface area contributed by atoms with Crippen molar-refractivity contribution in [3.63, 3.8) is 0 Å². The van der Waals surface area contributed by atoms with Gasteiger partial charge in [0.15, 0.2) is 29.4 Å². The van der Waals surface area contributed by atoms with Gasteiger partial charge in [0.1, 0.15) is 0 Å². The molecule has 6 aromatic carbocycles. The van der Waals surface area contributed by atoms with Crippen LogP contribution in [0.4, 0.5) is 79.0 Å². The first-order valence-electron chi connectivity index (χ1n) is 21.7. The van der Waals surface area contributed by atoms with Crippen LogP contribution in [0, 0.1) is 0 Å². The minimum absolute atomic E-state index is 0. The standard InChI is InChI=1S/2C18H15S.2C4H4F6O4S.C4H2F6O.ClH.2Na.O3S.H/c2*1-4-10-16(11-5-1)19(17-12-6-2-7-13-17)18-14-8-3-9-15-18;2*5-3(6,7)2(11,4(8,9)10)1-15(12,13)14;5-3(6,7)2(1-11-2)4(8,9)10;;;;1-4(2)3;/h2*1-15H;2*11H,1H2,(H,12,13,14);1H2;1H;;;;/q2*+1;;;;;2*+1;;-1/p-3. The topological polar surface area (TPSA) is 219 Å². The molecule has 1 heterocycles. The van der Waals surface area contributed by atoms with E-state index in [0.29, 0.717) is 0 Å². The maximum atomic E-state index is 11.8. The summed E-state index contributed by atoms with van der Waals surface area (Å²) in [5.74, 6) is -6.01. The summed E-state index contributed by atoms with van der Waals surface area (Å²) in [5, 5.41) is 16.4. The largest absolute Gasteiger partial charge is 1.00 e. The van der Waals surface area contributed by atoms with Gasteiger partial charge in [-0.25, -0.2) is 16.8 Å². The van der Waals surface area contributed by atoms with Crippen molar-refractivity contribution in [1.29, 1.82) is 0 Å². The zero-order chi connectivity index (χ0) is 63.7. The zero-order valence-electron chi connectivity index (χ0n) is 44.1. The van der Waals surface area contributed by atoms with Crippen molar-refractivity contribution in [2.75, 3.05) is 18.1 Å². The molecule has 0 spiro atoms. The quantitative estimate of drug-likeness (QED) is 0.0665. The number of ether oxygens (including phenoxy) is 1. The molecule has 0 saturated carbocycles. The molecule has 7 rings (SSSR count). The number of hydrogen-bond donors (Lipinski definition) is 2. The van der Waals surface area contributed by atoms with Crippen molar-refractivity contribution in [3.8, 4) is 0 Å². The van der Waals surface area contributed by atoms with Crippen LogP contribution < -0.4 is 71.5 Å². The third kappa shape index (κ3) is 26.1. The number of halogens is 19. The Labute approximate surface area is 537 Å². The second kappa shape index (κ2) is 34.5. The first-order chi connectivity index (χ1) is 37.8. The van der Waals surface area contributed by atoms with E-state index in [1.54, 1.807) is 0 Å².